The standard InChI is InChI=1S/C28H38N4.3C2H6.2CH2O/c1-8-11-12-16-30-28-26(22(9-2)19-29-5)17-21(4)27(31-28)25-15-13-14-24(18-25)23(10-3)20-32(6)7;5*1-2/h9-10,13-15,17-20H,3,8,11-12,16H2,1-2,4-7H3,(H,30,31);3*1-2H3;2*1H2/b22-9+,23-20+,29-19?;;;;;. The molecule has 2 aromatic rings. The van der Waals surface area contributed by atoms with Crippen LogP contribution in [-0.2, 0) is 9.59 Å². The number of aliphatic imine (C=N–C) groups is 1. The lowest BCUT2D eigenvalue weighted by atomic mass is 9.97. The average Bonchev–Trinajstić information content (AvgIpc) is 3.06. The average molecular weight is 581 g/mol. The van der Waals surface area contributed by atoms with E-state index in [1.165, 1.54) is 12.8 Å². The number of aromatic nitrogens is 1. The molecule has 1 N–H and O–H groups in total. The number of allylic oxidation sites excluding steroid dienone is 4. The van der Waals surface area contributed by atoms with Crippen molar-refractivity contribution in [3.63, 3.8) is 0 Å². The van der Waals surface area contributed by atoms with Gasteiger partial charge in [-0.15, -0.1) is 0 Å². The number of hydrogen-bond donors (Lipinski definition) is 1. The monoisotopic (exact) mass is 580 g/mol. The summed E-state index contributed by atoms with van der Waals surface area (Å²) in [6.07, 6.45) is 11.5. The molecule has 0 bridgehead atoms. The number of rotatable bonds is 11. The second-order valence-corrected chi connectivity index (χ2v) is 8.15. The maximum atomic E-state index is 8.00. The first kappa shape index (κ1) is 45.2. The maximum absolute atomic E-state index is 8.00. The molecular weight excluding hydrogens is 520 g/mol. The number of benzene rings is 1. The van der Waals surface area contributed by atoms with Crippen molar-refractivity contribution in [3.05, 3.63) is 72.0 Å². The SMILES string of the molecule is C=C/C(=C\N(C)C)c1cccc(-c2nc(NCCCCC)c(/C(C=NC)=C/C)cc2C)c1.C=O.C=O.CC.CC.CC. The number of carbonyl (C=O) groups is 2. The highest BCUT2D eigenvalue weighted by Gasteiger charge is 2.14. The molecule has 0 saturated heterocycles. The number of aryl methyl sites for hydroxylation is 1. The molecule has 42 heavy (non-hydrogen) atoms. The van der Waals surface area contributed by atoms with Crippen LogP contribution in [0.15, 0.2) is 60.3 Å². The summed E-state index contributed by atoms with van der Waals surface area (Å²) in [6, 6.07) is 10.7. The van der Waals surface area contributed by atoms with E-state index in [1.807, 2.05) is 93.3 Å². The van der Waals surface area contributed by atoms with E-state index in [-0.39, 0.29) is 0 Å². The van der Waals surface area contributed by atoms with E-state index in [9.17, 15) is 0 Å². The maximum Gasteiger partial charge on any atom is 0.134 e. The summed E-state index contributed by atoms with van der Waals surface area (Å²) in [7, 11) is 5.84. The predicted octanol–water partition coefficient (Wildman–Crippen LogP) is 9.56. The molecule has 1 aromatic heterocycles. The fourth-order valence-corrected chi connectivity index (χ4v) is 3.65. The molecule has 6 heteroatoms. The third kappa shape index (κ3) is 17.1. The van der Waals surface area contributed by atoms with E-state index in [4.69, 9.17) is 14.6 Å². The molecule has 0 amide bonds. The molecule has 0 radical (unpaired) electrons. The number of nitrogens with one attached hydrogen (secondary N) is 1. The van der Waals surface area contributed by atoms with Crippen molar-refractivity contribution in [1.29, 1.82) is 0 Å². The molecule has 2 rings (SSSR count). The van der Waals surface area contributed by atoms with Gasteiger partial charge >= 0.3 is 0 Å². The minimum Gasteiger partial charge on any atom is -0.383 e. The fraction of sp³-hybridized carbons (Fsp3) is 0.444. The van der Waals surface area contributed by atoms with Gasteiger partial charge in [0, 0.05) is 51.2 Å². The zero-order valence-electron chi connectivity index (χ0n) is 28.8. The van der Waals surface area contributed by atoms with Gasteiger partial charge < -0.3 is 19.8 Å². The largest absolute Gasteiger partial charge is 0.383 e. The van der Waals surface area contributed by atoms with Gasteiger partial charge in [0.1, 0.15) is 19.4 Å². The fourth-order valence-electron chi connectivity index (χ4n) is 3.65. The Bertz CT molecular complexity index is 1040. The van der Waals surface area contributed by atoms with Gasteiger partial charge in [0.15, 0.2) is 0 Å². The van der Waals surface area contributed by atoms with Crippen molar-refractivity contribution in [2.45, 2.75) is 81.6 Å². The highest BCUT2D eigenvalue weighted by atomic mass is 16.1. The number of unbranched alkanes of at least 4 members (excludes halogenated alkanes) is 2. The number of carbonyl (C=O) groups excluding carboxylic acids is 2. The Morgan fingerprint density at radius 2 is 1.57 bits per heavy atom. The Balaban J connectivity index is -0.000000651. The summed E-state index contributed by atoms with van der Waals surface area (Å²) in [5, 5.41) is 3.59. The van der Waals surface area contributed by atoms with Crippen molar-refractivity contribution in [1.82, 2.24) is 9.88 Å². The first-order chi connectivity index (χ1) is 20.4. The molecular formula is C36H60N4O2. The lowest BCUT2D eigenvalue weighted by Crippen LogP contribution is -2.08. The van der Waals surface area contributed by atoms with E-state index in [1.54, 1.807) is 7.05 Å². The van der Waals surface area contributed by atoms with E-state index >= 15 is 0 Å². The number of nitrogens with zero attached hydrogens (tertiary/aromatic N) is 3. The van der Waals surface area contributed by atoms with E-state index < -0.39 is 0 Å². The Kier molecular flexibility index (Phi) is 34.1. The third-order valence-electron chi connectivity index (χ3n) is 5.26. The summed E-state index contributed by atoms with van der Waals surface area (Å²) >= 11 is 0. The molecule has 0 fully saturated rings. The van der Waals surface area contributed by atoms with Crippen LogP contribution in [-0.4, -0.2) is 57.4 Å². The van der Waals surface area contributed by atoms with Crippen LogP contribution in [0.4, 0.5) is 5.82 Å². The van der Waals surface area contributed by atoms with Gasteiger partial charge in [-0.2, -0.15) is 0 Å². The smallest absolute Gasteiger partial charge is 0.134 e. The number of pyridine rings is 1. The lowest BCUT2D eigenvalue weighted by Gasteiger charge is -2.17. The van der Waals surface area contributed by atoms with Crippen LogP contribution in [0.5, 0.6) is 0 Å². The second-order valence-electron chi connectivity index (χ2n) is 8.15. The van der Waals surface area contributed by atoms with Crippen molar-refractivity contribution in [2.75, 3.05) is 33.0 Å². The summed E-state index contributed by atoms with van der Waals surface area (Å²) < 4.78 is 0. The van der Waals surface area contributed by atoms with Crippen molar-refractivity contribution in [2.24, 2.45) is 4.99 Å². The van der Waals surface area contributed by atoms with Crippen molar-refractivity contribution in [3.8, 4) is 11.3 Å². The Hall–Kier alpha value is -3.80. The van der Waals surface area contributed by atoms with Gasteiger partial charge in [-0.1, -0.05) is 98.2 Å². The molecule has 0 aliphatic rings. The minimum atomic E-state index is 0.906. The summed E-state index contributed by atoms with van der Waals surface area (Å²) in [6.45, 7) is 27.3. The topological polar surface area (TPSA) is 74.7 Å². The summed E-state index contributed by atoms with van der Waals surface area (Å²) in [4.78, 5) is 27.4. The van der Waals surface area contributed by atoms with Crippen LogP contribution in [0.2, 0.25) is 0 Å². The zero-order chi connectivity index (χ0) is 33.5. The quantitative estimate of drug-likeness (QED) is 0.163. The molecule has 0 unspecified atom stereocenters. The molecule has 0 atom stereocenters. The molecule has 0 saturated carbocycles. The molecule has 0 spiro atoms. The highest BCUT2D eigenvalue weighted by Crippen LogP contribution is 2.31. The van der Waals surface area contributed by atoms with Crippen molar-refractivity contribution < 1.29 is 9.59 Å². The van der Waals surface area contributed by atoms with Gasteiger partial charge in [-0.25, -0.2) is 4.98 Å². The van der Waals surface area contributed by atoms with E-state index in [0.29, 0.717) is 0 Å². The van der Waals surface area contributed by atoms with E-state index in [2.05, 4.69) is 73.3 Å². The summed E-state index contributed by atoms with van der Waals surface area (Å²) in [5.41, 5.74) is 7.60. The van der Waals surface area contributed by atoms with Crippen molar-refractivity contribution >= 4 is 36.8 Å². The predicted molar refractivity (Wildman–Crippen MR) is 191 cm³/mol. The molecule has 1 heterocycles. The van der Waals surface area contributed by atoms with Crippen LogP contribution >= 0.6 is 0 Å². The normalized spacial score (nSPS) is 10.0. The third-order valence-corrected chi connectivity index (χ3v) is 5.26. The van der Waals surface area contributed by atoms with Crippen LogP contribution in [0, 0.1) is 6.92 Å². The minimum absolute atomic E-state index is 0.906. The first-order valence-electron chi connectivity index (χ1n) is 15.0. The highest BCUT2D eigenvalue weighted by molar-refractivity contribution is 6.11. The Morgan fingerprint density at radius 1 is 0.976 bits per heavy atom. The number of anilines is 1. The lowest BCUT2D eigenvalue weighted by molar-refractivity contribution is -0.0987. The van der Waals surface area contributed by atoms with Crippen LogP contribution < -0.4 is 5.32 Å². The van der Waals surface area contributed by atoms with Gasteiger partial charge in [0.25, 0.3) is 0 Å². The van der Waals surface area contributed by atoms with Crippen LogP contribution in [0.25, 0.3) is 22.4 Å². The van der Waals surface area contributed by atoms with E-state index in [0.717, 1.165) is 57.9 Å². The molecule has 6 nitrogen and oxygen atoms in total. The van der Waals surface area contributed by atoms with Gasteiger partial charge in [0.05, 0.1) is 5.69 Å². The van der Waals surface area contributed by atoms with Crippen LogP contribution in [0.3, 0.4) is 0 Å². The van der Waals surface area contributed by atoms with Gasteiger partial charge in [-0.05, 0) is 54.7 Å². The molecule has 0 aliphatic carbocycles. The van der Waals surface area contributed by atoms with Gasteiger partial charge in [-0.3, -0.25) is 4.99 Å². The Morgan fingerprint density at radius 3 is 2.05 bits per heavy atom. The molecule has 236 valence electrons. The molecule has 0 aliphatic heterocycles. The zero-order valence-corrected chi connectivity index (χ0v) is 28.8. The molecule has 1 aromatic carbocycles. The Labute approximate surface area is 258 Å². The first-order valence-corrected chi connectivity index (χ1v) is 15.0. The summed E-state index contributed by atoms with van der Waals surface area (Å²) in [5.74, 6) is 0.910. The second kappa shape index (κ2) is 31.7. The van der Waals surface area contributed by atoms with Gasteiger partial charge in [0.2, 0.25) is 0 Å². The number of hydrogen-bond acceptors (Lipinski definition) is 6. The van der Waals surface area contributed by atoms with Crippen LogP contribution in [0.1, 0.15) is 91.3 Å².